The molecule has 0 atom stereocenters. The van der Waals surface area contributed by atoms with Crippen LogP contribution in [0.15, 0.2) is 18.2 Å². The van der Waals surface area contributed by atoms with E-state index in [4.69, 9.17) is 14.2 Å². The summed E-state index contributed by atoms with van der Waals surface area (Å²) in [5.74, 6) is 1.06. The van der Waals surface area contributed by atoms with Crippen LogP contribution < -0.4 is 14.8 Å². The van der Waals surface area contributed by atoms with Gasteiger partial charge in [-0.3, -0.25) is 9.59 Å². The van der Waals surface area contributed by atoms with Crippen molar-refractivity contribution in [2.24, 2.45) is 0 Å². The van der Waals surface area contributed by atoms with Crippen molar-refractivity contribution >= 4 is 17.9 Å². The van der Waals surface area contributed by atoms with E-state index in [-0.39, 0.29) is 37.7 Å². The molecular weight excluding hydrogens is 366 g/mol. The first-order valence-corrected chi connectivity index (χ1v) is 9.41. The van der Waals surface area contributed by atoms with Crippen molar-refractivity contribution in [3.8, 4) is 11.5 Å². The minimum Gasteiger partial charge on any atom is -0.454 e. The predicted molar refractivity (Wildman–Crippen MR) is 99.1 cm³/mol. The highest BCUT2D eigenvalue weighted by Gasteiger charge is 2.24. The fraction of sp³-hybridized carbons (Fsp3) is 0.526. The van der Waals surface area contributed by atoms with E-state index in [2.05, 4.69) is 5.32 Å². The fourth-order valence-corrected chi connectivity index (χ4v) is 3.08. The summed E-state index contributed by atoms with van der Waals surface area (Å²) in [4.78, 5) is 39.2. The SMILES string of the molecule is CCOC(=O)N1CCN(C(=O)CNC(=O)CCc2ccc3c(c2)OCO3)CC1. The largest absolute Gasteiger partial charge is 0.454 e. The average molecular weight is 391 g/mol. The molecule has 9 heteroatoms. The fourth-order valence-electron chi connectivity index (χ4n) is 3.08. The number of hydrogen-bond donors (Lipinski definition) is 1. The van der Waals surface area contributed by atoms with E-state index < -0.39 is 0 Å². The lowest BCUT2D eigenvalue weighted by Crippen LogP contribution is -2.52. The molecule has 0 saturated carbocycles. The third-order valence-corrected chi connectivity index (χ3v) is 4.67. The quantitative estimate of drug-likeness (QED) is 0.769. The zero-order chi connectivity index (χ0) is 19.9. The first-order chi connectivity index (χ1) is 13.6. The number of fused-ring (bicyclic) bond motifs is 1. The Balaban J connectivity index is 1.35. The number of amides is 3. The molecule has 28 heavy (non-hydrogen) atoms. The van der Waals surface area contributed by atoms with Crippen LogP contribution >= 0.6 is 0 Å². The smallest absolute Gasteiger partial charge is 0.409 e. The normalized spacial score (nSPS) is 15.3. The zero-order valence-corrected chi connectivity index (χ0v) is 15.9. The molecule has 2 aliphatic rings. The van der Waals surface area contributed by atoms with Crippen LogP contribution in [0.1, 0.15) is 18.9 Å². The van der Waals surface area contributed by atoms with Gasteiger partial charge in [-0.25, -0.2) is 4.79 Å². The Labute approximate surface area is 163 Å². The monoisotopic (exact) mass is 391 g/mol. The number of nitrogens with zero attached hydrogens (tertiary/aromatic N) is 2. The highest BCUT2D eigenvalue weighted by molar-refractivity contribution is 5.85. The second-order valence-corrected chi connectivity index (χ2v) is 6.53. The van der Waals surface area contributed by atoms with E-state index in [1.54, 1.807) is 16.7 Å². The Hall–Kier alpha value is -2.97. The van der Waals surface area contributed by atoms with Crippen molar-refractivity contribution < 1.29 is 28.6 Å². The standard InChI is InChI=1S/C19H25N3O6/c1-2-26-19(25)22-9-7-21(8-10-22)18(24)12-20-17(23)6-4-14-3-5-15-16(11-14)28-13-27-15/h3,5,11H,2,4,6-10,12-13H2,1H3,(H,20,23). The van der Waals surface area contributed by atoms with Gasteiger partial charge in [0.15, 0.2) is 11.5 Å². The number of rotatable bonds is 6. The van der Waals surface area contributed by atoms with Gasteiger partial charge in [-0.1, -0.05) is 6.07 Å². The summed E-state index contributed by atoms with van der Waals surface area (Å²) in [6, 6.07) is 5.59. The van der Waals surface area contributed by atoms with Gasteiger partial charge in [0, 0.05) is 32.6 Å². The van der Waals surface area contributed by atoms with Gasteiger partial charge in [0.2, 0.25) is 18.6 Å². The molecule has 2 heterocycles. The van der Waals surface area contributed by atoms with Crippen LogP contribution in [0.3, 0.4) is 0 Å². The predicted octanol–water partition coefficient (Wildman–Crippen LogP) is 0.765. The van der Waals surface area contributed by atoms with Crippen LogP contribution in [0.5, 0.6) is 11.5 Å². The second kappa shape index (κ2) is 9.29. The van der Waals surface area contributed by atoms with Gasteiger partial charge >= 0.3 is 6.09 Å². The van der Waals surface area contributed by atoms with Crippen LogP contribution in [0.2, 0.25) is 0 Å². The molecule has 0 spiro atoms. The molecule has 1 saturated heterocycles. The van der Waals surface area contributed by atoms with E-state index in [0.29, 0.717) is 50.7 Å². The number of benzene rings is 1. The molecule has 0 aromatic heterocycles. The van der Waals surface area contributed by atoms with Gasteiger partial charge in [-0.15, -0.1) is 0 Å². The topological polar surface area (TPSA) is 97.4 Å². The molecule has 152 valence electrons. The van der Waals surface area contributed by atoms with E-state index in [0.717, 1.165) is 5.56 Å². The van der Waals surface area contributed by atoms with E-state index >= 15 is 0 Å². The minimum atomic E-state index is -0.355. The molecule has 1 fully saturated rings. The molecule has 9 nitrogen and oxygen atoms in total. The molecule has 2 aliphatic heterocycles. The summed E-state index contributed by atoms with van der Waals surface area (Å²) in [7, 11) is 0. The first kappa shape index (κ1) is 19.8. The molecule has 3 rings (SSSR count). The van der Waals surface area contributed by atoms with Crippen molar-refractivity contribution in [3.63, 3.8) is 0 Å². The molecule has 3 amide bonds. The number of carbonyl (C=O) groups is 3. The number of piperazine rings is 1. The summed E-state index contributed by atoms with van der Waals surface area (Å²) < 4.78 is 15.5. The third-order valence-electron chi connectivity index (χ3n) is 4.67. The number of hydrogen-bond acceptors (Lipinski definition) is 6. The number of aryl methyl sites for hydroxylation is 1. The molecule has 0 unspecified atom stereocenters. The average Bonchev–Trinajstić information content (AvgIpc) is 3.18. The van der Waals surface area contributed by atoms with E-state index in [1.165, 1.54) is 0 Å². The van der Waals surface area contributed by atoms with Crippen molar-refractivity contribution in [2.45, 2.75) is 19.8 Å². The molecule has 1 N–H and O–H groups in total. The highest BCUT2D eigenvalue weighted by atomic mass is 16.7. The van der Waals surface area contributed by atoms with Crippen molar-refractivity contribution in [1.29, 1.82) is 0 Å². The zero-order valence-electron chi connectivity index (χ0n) is 15.9. The Morgan fingerprint density at radius 1 is 1.07 bits per heavy atom. The third kappa shape index (κ3) is 5.05. The Morgan fingerprint density at radius 2 is 1.79 bits per heavy atom. The lowest BCUT2D eigenvalue weighted by molar-refractivity contribution is -0.134. The number of ether oxygens (including phenoxy) is 3. The van der Waals surface area contributed by atoms with Crippen LogP contribution in [0.4, 0.5) is 4.79 Å². The molecule has 1 aromatic rings. The lowest BCUT2D eigenvalue weighted by atomic mass is 10.1. The summed E-state index contributed by atoms with van der Waals surface area (Å²) in [5.41, 5.74) is 0.973. The van der Waals surface area contributed by atoms with Crippen molar-refractivity contribution in [2.75, 3.05) is 46.1 Å². The van der Waals surface area contributed by atoms with Crippen molar-refractivity contribution in [3.05, 3.63) is 23.8 Å². The second-order valence-electron chi connectivity index (χ2n) is 6.53. The first-order valence-electron chi connectivity index (χ1n) is 9.41. The maximum atomic E-state index is 12.3. The highest BCUT2D eigenvalue weighted by Crippen LogP contribution is 2.32. The number of carbonyl (C=O) groups excluding carboxylic acids is 3. The van der Waals surface area contributed by atoms with Gasteiger partial charge in [-0.05, 0) is 31.0 Å². The Kier molecular flexibility index (Phi) is 6.57. The summed E-state index contributed by atoms with van der Waals surface area (Å²) >= 11 is 0. The molecule has 1 aromatic carbocycles. The molecule has 0 aliphatic carbocycles. The molecule has 0 bridgehead atoms. The van der Waals surface area contributed by atoms with Crippen LogP contribution in [0, 0.1) is 0 Å². The summed E-state index contributed by atoms with van der Waals surface area (Å²) in [6.07, 6.45) is 0.477. The van der Waals surface area contributed by atoms with Gasteiger partial charge in [0.25, 0.3) is 0 Å². The van der Waals surface area contributed by atoms with Gasteiger partial charge in [-0.2, -0.15) is 0 Å². The summed E-state index contributed by atoms with van der Waals surface area (Å²) in [5, 5.41) is 2.67. The maximum Gasteiger partial charge on any atom is 0.409 e. The van der Waals surface area contributed by atoms with Gasteiger partial charge < -0.3 is 29.3 Å². The van der Waals surface area contributed by atoms with Gasteiger partial charge in [0.1, 0.15) is 0 Å². The number of nitrogens with one attached hydrogen (secondary N) is 1. The lowest BCUT2D eigenvalue weighted by Gasteiger charge is -2.34. The van der Waals surface area contributed by atoms with Crippen LogP contribution in [-0.4, -0.2) is 73.8 Å². The Morgan fingerprint density at radius 3 is 2.54 bits per heavy atom. The molecular formula is C19H25N3O6. The van der Waals surface area contributed by atoms with E-state index in [9.17, 15) is 14.4 Å². The maximum absolute atomic E-state index is 12.3. The van der Waals surface area contributed by atoms with Gasteiger partial charge in [0.05, 0.1) is 13.2 Å². The Bertz CT molecular complexity index is 730. The minimum absolute atomic E-state index is 0.0423. The van der Waals surface area contributed by atoms with Crippen molar-refractivity contribution in [1.82, 2.24) is 15.1 Å². The molecule has 0 radical (unpaired) electrons. The van der Waals surface area contributed by atoms with Crippen LogP contribution in [-0.2, 0) is 20.7 Å². The van der Waals surface area contributed by atoms with Crippen LogP contribution in [0.25, 0.3) is 0 Å². The summed E-state index contributed by atoms with van der Waals surface area (Å²) in [6.45, 7) is 4.00. The van der Waals surface area contributed by atoms with E-state index in [1.807, 2.05) is 18.2 Å².